The van der Waals surface area contributed by atoms with Crippen molar-refractivity contribution < 1.29 is 9.22 Å². The van der Waals surface area contributed by atoms with Gasteiger partial charge in [0.05, 0.1) is 0 Å². The van der Waals surface area contributed by atoms with Crippen LogP contribution in [-0.2, 0) is 5.41 Å². The number of hydrogen-bond acceptors (Lipinski definition) is 4. The van der Waals surface area contributed by atoms with Crippen molar-refractivity contribution in [3.63, 3.8) is 0 Å². The Bertz CT molecular complexity index is 944. The molecule has 0 unspecified atom stereocenters. The molecule has 1 aromatic carbocycles. The third-order valence-electron chi connectivity index (χ3n) is 5.60. The van der Waals surface area contributed by atoms with E-state index < -0.39 is 9.04 Å². The largest absolute Gasteiger partial charge is 0.546 e. The van der Waals surface area contributed by atoms with Gasteiger partial charge >= 0.3 is 0 Å². The number of rotatable bonds is 13. The van der Waals surface area contributed by atoms with E-state index in [0.29, 0.717) is 4.88 Å². The Hall–Kier alpha value is -2.11. The molecule has 2 rings (SSSR count). The summed E-state index contributed by atoms with van der Waals surface area (Å²) in [6.07, 6.45) is 14.2. The van der Waals surface area contributed by atoms with Gasteiger partial charge in [-0.1, -0.05) is 77.8 Å². The summed E-state index contributed by atoms with van der Waals surface area (Å²) in [5, 5.41) is 0. The Morgan fingerprint density at radius 1 is 0.941 bits per heavy atom. The molecule has 0 atom stereocenters. The highest BCUT2D eigenvalue weighted by Gasteiger charge is 2.28. The first-order valence-corrected chi connectivity index (χ1v) is 16.3. The van der Waals surface area contributed by atoms with Crippen molar-refractivity contribution in [1.29, 1.82) is 0 Å². The van der Waals surface area contributed by atoms with Crippen LogP contribution in [0.2, 0.25) is 13.1 Å². The zero-order valence-electron chi connectivity index (χ0n) is 22.2. The fourth-order valence-electron chi connectivity index (χ4n) is 3.88. The number of anilines is 1. The van der Waals surface area contributed by atoms with Gasteiger partial charge in [-0.25, -0.2) is 0 Å². The Kier molecular flexibility index (Phi) is 11.3. The zero-order valence-corrected chi connectivity index (χ0v) is 24.2. The van der Waals surface area contributed by atoms with Gasteiger partial charge in [0.2, 0.25) is 9.04 Å². The van der Waals surface area contributed by atoms with Crippen molar-refractivity contribution in [2.24, 2.45) is 0 Å². The third kappa shape index (κ3) is 8.28. The van der Waals surface area contributed by atoms with E-state index in [-0.39, 0.29) is 5.41 Å². The van der Waals surface area contributed by atoms with Crippen LogP contribution >= 0.6 is 11.3 Å². The Morgan fingerprint density at radius 3 is 2.03 bits per heavy atom. The maximum absolute atomic E-state index is 11.7. The molecule has 3 nitrogen and oxygen atoms in total. The minimum atomic E-state index is -1.32. The van der Waals surface area contributed by atoms with Crippen molar-refractivity contribution in [3.8, 4) is 5.75 Å². The van der Waals surface area contributed by atoms with Crippen LogP contribution in [0.5, 0.6) is 5.75 Å². The molecule has 0 fully saturated rings. The minimum absolute atomic E-state index is 0.100. The molecule has 5 heteroatoms. The quantitative estimate of drug-likeness (QED) is 0.158. The van der Waals surface area contributed by atoms with Crippen LogP contribution in [0, 0.1) is 0 Å². The highest BCUT2D eigenvalue weighted by molar-refractivity contribution is 7.15. The number of aldehydes is 1. The van der Waals surface area contributed by atoms with Gasteiger partial charge in [-0.2, -0.15) is 0 Å². The van der Waals surface area contributed by atoms with Gasteiger partial charge in [-0.15, -0.1) is 11.3 Å². The molecule has 0 aliphatic heterocycles. The molecule has 0 aliphatic carbocycles. The molecule has 2 aromatic rings. The summed E-state index contributed by atoms with van der Waals surface area (Å²) in [5.74, 6) is 0.795. The second-order valence-corrected chi connectivity index (χ2v) is 13.5. The summed E-state index contributed by atoms with van der Waals surface area (Å²) in [6.45, 7) is 17.5. The predicted octanol–water partition coefficient (Wildman–Crippen LogP) is 8.35. The third-order valence-corrected chi connectivity index (χ3v) is 7.37. The van der Waals surface area contributed by atoms with Gasteiger partial charge in [-0.3, -0.25) is 4.79 Å². The molecular weight excluding hydrogens is 454 g/mol. The molecule has 0 bridgehead atoms. The minimum Gasteiger partial charge on any atom is -0.546 e. The normalized spacial score (nSPS) is 12.2. The Morgan fingerprint density at radius 2 is 1.53 bits per heavy atom. The second kappa shape index (κ2) is 13.7. The molecule has 186 valence electrons. The Balaban J connectivity index is 2.19. The summed E-state index contributed by atoms with van der Waals surface area (Å²) in [7, 11) is -1.32. The maximum Gasteiger partial charge on any atom is 0.229 e. The first-order valence-electron chi connectivity index (χ1n) is 12.7. The molecule has 1 heterocycles. The Labute approximate surface area is 213 Å². The number of hydrogen-bond donors (Lipinski definition) is 0. The van der Waals surface area contributed by atoms with E-state index in [1.54, 1.807) is 0 Å². The SMILES string of the molecule is CCCCN(CCCC)c1ccc(C=CC=Cc2sc(C=O)c(O[SiH](C)C)c2C(C)(C)C)cc1. The van der Waals surface area contributed by atoms with Crippen LogP contribution in [0.15, 0.2) is 36.4 Å². The lowest BCUT2D eigenvalue weighted by atomic mass is 9.86. The highest BCUT2D eigenvalue weighted by Crippen LogP contribution is 2.43. The predicted molar refractivity (Wildman–Crippen MR) is 154 cm³/mol. The molecule has 0 aliphatic rings. The van der Waals surface area contributed by atoms with Crippen molar-refractivity contribution in [2.45, 2.75) is 78.8 Å². The number of nitrogens with zero attached hydrogens (tertiary/aromatic N) is 1. The van der Waals surface area contributed by atoms with Crippen molar-refractivity contribution in [3.05, 3.63) is 57.3 Å². The van der Waals surface area contributed by atoms with Crippen LogP contribution < -0.4 is 9.33 Å². The number of unbranched alkanes of at least 4 members (excludes halogenated alkanes) is 2. The lowest BCUT2D eigenvalue weighted by Crippen LogP contribution is -2.25. The fraction of sp³-hybridized carbons (Fsp3) is 0.483. The zero-order chi connectivity index (χ0) is 25.1. The molecule has 0 N–H and O–H groups in total. The second-order valence-electron chi connectivity index (χ2n) is 10.1. The topological polar surface area (TPSA) is 29.5 Å². The van der Waals surface area contributed by atoms with Gasteiger partial charge in [0, 0.05) is 29.2 Å². The van der Waals surface area contributed by atoms with Crippen LogP contribution in [-0.4, -0.2) is 28.4 Å². The van der Waals surface area contributed by atoms with E-state index in [1.165, 1.54) is 48.3 Å². The average molecular weight is 498 g/mol. The van der Waals surface area contributed by atoms with Crippen LogP contribution in [0.4, 0.5) is 5.69 Å². The van der Waals surface area contributed by atoms with Gasteiger partial charge in [-0.05, 0) is 55.1 Å². The van der Waals surface area contributed by atoms with E-state index in [0.717, 1.165) is 35.6 Å². The molecule has 34 heavy (non-hydrogen) atoms. The first-order chi connectivity index (χ1) is 16.2. The molecule has 0 saturated heterocycles. The van der Waals surface area contributed by atoms with Gasteiger partial charge in [0.25, 0.3) is 0 Å². The van der Waals surface area contributed by atoms with E-state index in [4.69, 9.17) is 4.43 Å². The van der Waals surface area contributed by atoms with E-state index in [9.17, 15) is 4.79 Å². The molecule has 0 radical (unpaired) electrons. The number of carbonyl (C=O) groups excluding carboxylic acids is 1. The number of benzene rings is 1. The fourth-order valence-corrected chi connectivity index (χ4v) is 5.86. The maximum atomic E-state index is 11.7. The van der Waals surface area contributed by atoms with Crippen LogP contribution in [0.3, 0.4) is 0 Å². The summed E-state index contributed by atoms with van der Waals surface area (Å²) in [5.41, 5.74) is 3.53. The van der Waals surface area contributed by atoms with Crippen LogP contribution in [0.1, 0.15) is 86.0 Å². The van der Waals surface area contributed by atoms with Gasteiger partial charge < -0.3 is 9.33 Å². The first kappa shape index (κ1) is 28.1. The summed E-state index contributed by atoms with van der Waals surface area (Å²) < 4.78 is 6.19. The van der Waals surface area contributed by atoms with E-state index >= 15 is 0 Å². The van der Waals surface area contributed by atoms with Gasteiger partial charge in [0.1, 0.15) is 10.6 Å². The molecule has 1 aromatic heterocycles. The number of carbonyl (C=O) groups is 1. The average Bonchev–Trinajstić information content (AvgIpc) is 3.14. The lowest BCUT2D eigenvalue weighted by Gasteiger charge is -2.24. The highest BCUT2D eigenvalue weighted by atomic mass is 32.1. The van der Waals surface area contributed by atoms with Crippen LogP contribution in [0.25, 0.3) is 12.2 Å². The monoisotopic (exact) mass is 497 g/mol. The summed E-state index contributed by atoms with van der Waals surface area (Å²) >= 11 is 1.52. The molecule has 0 amide bonds. The smallest absolute Gasteiger partial charge is 0.229 e. The van der Waals surface area contributed by atoms with E-state index in [1.807, 2.05) is 0 Å². The van der Waals surface area contributed by atoms with Gasteiger partial charge in [0.15, 0.2) is 6.29 Å². The van der Waals surface area contributed by atoms with Crippen molar-refractivity contribution in [2.75, 3.05) is 18.0 Å². The summed E-state index contributed by atoms with van der Waals surface area (Å²) in [6, 6.07) is 8.86. The number of allylic oxidation sites excluding steroid dienone is 2. The number of thiophene rings is 1. The summed E-state index contributed by atoms with van der Waals surface area (Å²) in [4.78, 5) is 16.0. The molecule has 0 spiro atoms. The van der Waals surface area contributed by atoms with Crippen molar-refractivity contribution >= 4 is 44.5 Å². The van der Waals surface area contributed by atoms with Crippen molar-refractivity contribution in [1.82, 2.24) is 0 Å². The standard InChI is InChI=1S/C29H43NO2SSi/c1-8-10-20-30(21-11-9-2)24-18-16-23(17-19-24)14-12-13-15-25-27(29(3,4)5)28(32-34(6)7)26(22-31)33-25/h12-19,22,34H,8-11,20-21H2,1-7H3. The molecule has 0 saturated carbocycles. The van der Waals surface area contributed by atoms with E-state index in [2.05, 4.69) is 101 Å². The lowest BCUT2D eigenvalue weighted by molar-refractivity contribution is 0.112. The molecular formula is C29H43NO2SSi.